The van der Waals surface area contributed by atoms with Crippen molar-refractivity contribution in [3.05, 3.63) is 53.2 Å². The van der Waals surface area contributed by atoms with Crippen molar-refractivity contribution in [1.29, 1.82) is 0 Å². The highest BCUT2D eigenvalue weighted by Crippen LogP contribution is 2.21. The molecule has 1 aromatic carbocycles. The van der Waals surface area contributed by atoms with Gasteiger partial charge >= 0.3 is 0 Å². The molecule has 2 heterocycles. The Labute approximate surface area is 137 Å². The number of hydrogen-bond acceptors (Lipinski definition) is 4. The summed E-state index contributed by atoms with van der Waals surface area (Å²) >= 11 is 0. The topological polar surface area (TPSA) is 32.3 Å². The highest BCUT2D eigenvalue weighted by Gasteiger charge is 2.20. The number of piperazine rings is 1. The highest BCUT2D eigenvalue weighted by molar-refractivity contribution is 5.48. The largest absolute Gasteiger partial charge is 0.354 e. The molecule has 0 radical (unpaired) electrons. The van der Waals surface area contributed by atoms with E-state index in [1.54, 1.807) is 6.33 Å². The molecular weight excluding hydrogens is 291 g/mol. The van der Waals surface area contributed by atoms with Crippen LogP contribution in [0, 0.1) is 12.7 Å². The van der Waals surface area contributed by atoms with Crippen LogP contribution >= 0.6 is 0 Å². The monoisotopic (exact) mass is 314 g/mol. The molecule has 0 atom stereocenters. The van der Waals surface area contributed by atoms with E-state index in [0.717, 1.165) is 56.2 Å². The minimum absolute atomic E-state index is 0.176. The van der Waals surface area contributed by atoms with E-state index in [-0.39, 0.29) is 5.82 Å². The van der Waals surface area contributed by atoms with Crippen molar-refractivity contribution in [2.24, 2.45) is 0 Å². The van der Waals surface area contributed by atoms with Crippen LogP contribution in [0.5, 0.6) is 0 Å². The zero-order valence-corrected chi connectivity index (χ0v) is 13.8. The maximum Gasteiger partial charge on any atom is 0.135 e. The molecule has 23 heavy (non-hydrogen) atoms. The van der Waals surface area contributed by atoms with Crippen LogP contribution in [0.25, 0.3) is 0 Å². The lowest BCUT2D eigenvalue weighted by Crippen LogP contribution is -2.46. The number of halogens is 1. The number of benzene rings is 1. The van der Waals surface area contributed by atoms with Crippen LogP contribution in [0.2, 0.25) is 0 Å². The van der Waals surface area contributed by atoms with Crippen molar-refractivity contribution in [3.8, 4) is 0 Å². The van der Waals surface area contributed by atoms with Gasteiger partial charge in [0.1, 0.15) is 18.0 Å². The van der Waals surface area contributed by atoms with Gasteiger partial charge in [-0.15, -0.1) is 0 Å². The Hall–Kier alpha value is -2.01. The Balaban J connectivity index is 1.62. The van der Waals surface area contributed by atoms with Gasteiger partial charge in [-0.05, 0) is 31.0 Å². The van der Waals surface area contributed by atoms with E-state index in [1.807, 2.05) is 12.1 Å². The van der Waals surface area contributed by atoms with E-state index in [2.05, 4.69) is 33.6 Å². The van der Waals surface area contributed by atoms with E-state index in [4.69, 9.17) is 0 Å². The zero-order valence-electron chi connectivity index (χ0n) is 13.8. The second kappa shape index (κ2) is 7.04. The minimum Gasteiger partial charge on any atom is -0.354 e. The first kappa shape index (κ1) is 15.9. The Bertz CT molecular complexity index is 649. The van der Waals surface area contributed by atoms with Gasteiger partial charge in [0.15, 0.2) is 0 Å². The highest BCUT2D eigenvalue weighted by atomic mass is 19.1. The van der Waals surface area contributed by atoms with E-state index in [1.165, 1.54) is 17.7 Å². The molecule has 2 aromatic rings. The third-order valence-electron chi connectivity index (χ3n) is 4.48. The Morgan fingerprint density at radius 3 is 2.39 bits per heavy atom. The van der Waals surface area contributed by atoms with E-state index in [0.29, 0.717) is 0 Å². The lowest BCUT2D eigenvalue weighted by molar-refractivity contribution is 0.249. The quantitative estimate of drug-likeness (QED) is 0.869. The number of aromatic nitrogens is 2. The molecule has 5 heteroatoms. The average Bonchev–Trinajstić information content (AvgIpc) is 2.57. The molecule has 0 amide bonds. The molecule has 0 saturated carbocycles. The summed E-state index contributed by atoms with van der Waals surface area (Å²) in [7, 11) is 0. The molecule has 0 N–H and O–H groups in total. The predicted octanol–water partition coefficient (Wildman–Crippen LogP) is 2.81. The first-order chi connectivity index (χ1) is 11.2. The van der Waals surface area contributed by atoms with Gasteiger partial charge in [-0.3, -0.25) is 4.90 Å². The van der Waals surface area contributed by atoms with Crippen LogP contribution < -0.4 is 4.90 Å². The summed E-state index contributed by atoms with van der Waals surface area (Å²) < 4.78 is 13.0. The van der Waals surface area contributed by atoms with Crippen molar-refractivity contribution >= 4 is 5.82 Å². The maximum atomic E-state index is 13.0. The number of rotatable bonds is 4. The van der Waals surface area contributed by atoms with E-state index < -0.39 is 0 Å². The summed E-state index contributed by atoms with van der Waals surface area (Å²) in [5.41, 5.74) is 3.48. The summed E-state index contributed by atoms with van der Waals surface area (Å²) in [4.78, 5) is 13.6. The molecule has 1 aliphatic heterocycles. The standard InChI is InChI=1S/C18H23FN4/c1-3-17-14(2)20-13-21-18(17)23-10-8-22(9-11-23)12-15-4-6-16(19)7-5-15/h4-7,13H,3,8-12H2,1-2H3. The van der Waals surface area contributed by atoms with Gasteiger partial charge in [-0.2, -0.15) is 0 Å². The van der Waals surface area contributed by atoms with E-state index >= 15 is 0 Å². The number of nitrogens with zero attached hydrogens (tertiary/aromatic N) is 4. The first-order valence-electron chi connectivity index (χ1n) is 8.19. The third kappa shape index (κ3) is 3.67. The summed E-state index contributed by atoms with van der Waals surface area (Å²) in [6.07, 6.45) is 2.62. The zero-order chi connectivity index (χ0) is 16.2. The van der Waals surface area contributed by atoms with Crippen LogP contribution in [0.4, 0.5) is 10.2 Å². The number of hydrogen-bond donors (Lipinski definition) is 0. The Morgan fingerprint density at radius 2 is 1.74 bits per heavy atom. The van der Waals surface area contributed by atoms with Gasteiger partial charge in [-0.1, -0.05) is 19.1 Å². The SMILES string of the molecule is CCc1c(C)ncnc1N1CCN(Cc2ccc(F)cc2)CC1. The fourth-order valence-electron chi connectivity index (χ4n) is 3.14. The molecule has 1 aliphatic rings. The molecule has 1 fully saturated rings. The van der Waals surface area contributed by atoms with Gasteiger partial charge in [0.25, 0.3) is 0 Å². The lowest BCUT2D eigenvalue weighted by Gasteiger charge is -2.36. The maximum absolute atomic E-state index is 13.0. The van der Waals surface area contributed by atoms with Crippen LogP contribution in [0.1, 0.15) is 23.7 Å². The summed E-state index contributed by atoms with van der Waals surface area (Å²) in [5.74, 6) is 0.909. The van der Waals surface area contributed by atoms with Crippen LogP contribution in [-0.4, -0.2) is 41.0 Å². The van der Waals surface area contributed by atoms with Gasteiger partial charge < -0.3 is 4.90 Å². The van der Waals surface area contributed by atoms with Gasteiger partial charge in [0, 0.05) is 44.0 Å². The van der Waals surface area contributed by atoms with Crippen molar-refractivity contribution in [2.45, 2.75) is 26.8 Å². The van der Waals surface area contributed by atoms with Gasteiger partial charge in [0.2, 0.25) is 0 Å². The fourth-order valence-corrected chi connectivity index (χ4v) is 3.14. The number of anilines is 1. The van der Waals surface area contributed by atoms with Gasteiger partial charge in [0.05, 0.1) is 0 Å². The molecule has 0 spiro atoms. The molecule has 0 aliphatic carbocycles. The molecule has 3 rings (SSSR count). The van der Waals surface area contributed by atoms with Crippen LogP contribution in [0.3, 0.4) is 0 Å². The smallest absolute Gasteiger partial charge is 0.135 e. The summed E-state index contributed by atoms with van der Waals surface area (Å²) in [6, 6.07) is 6.79. The normalized spacial score (nSPS) is 15.9. The summed E-state index contributed by atoms with van der Waals surface area (Å²) in [6.45, 7) is 8.98. The second-order valence-corrected chi connectivity index (χ2v) is 6.00. The average molecular weight is 314 g/mol. The molecule has 1 aromatic heterocycles. The third-order valence-corrected chi connectivity index (χ3v) is 4.48. The molecule has 1 saturated heterocycles. The molecular formula is C18H23FN4. The fraction of sp³-hybridized carbons (Fsp3) is 0.444. The molecule has 0 bridgehead atoms. The first-order valence-corrected chi connectivity index (χ1v) is 8.19. The van der Waals surface area contributed by atoms with E-state index in [9.17, 15) is 4.39 Å². The van der Waals surface area contributed by atoms with Crippen molar-refractivity contribution in [1.82, 2.24) is 14.9 Å². The number of aryl methyl sites for hydroxylation is 1. The minimum atomic E-state index is -0.176. The van der Waals surface area contributed by atoms with Crippen LogP contribution in [-0.2, 0) is 13.0 Å². The van der Waals surface area contributed by atoms with Crippen LogP contribution in [0.15, 0.2) is 30.6 Å². The summed E-state index contributed by atoms with van der Waals surface area (Å²) in [5, 5.41) is 0. The van der Waals surface area contributed by atoms with Gasteiger partial charge in [-0.25, -0.2) is 14.4 Å². The Kier molecular flexibility index (Phi) is 4.86. The lowest BCUT2D eigenvalue weighted by atomic mass is 10.1. The van der Waals surface area contributed by atoms with Crippen molar-refractivity contribution in [2.75, 3.05) is 31.1 Å². The second-order valence-electron chi connectivity index (χ2n) is 6.00. The van der Waals surface area contributed by atoms with Crippen molar-refractivity contribution in [3.63, 3.8) is 0 Å². The molecule has 0 unspecified atom stereocenters. The molecule has 122 valence electrons. The predicted molar refractivity (Wildman–Crippen MR) is 90.0 cm³/mol. The van der Waals surface area contributed by atoms with Crippen molar-refractivity contribution < 1.29 is 4.39 Å². The molecule has 4 nitrogen and oxygen atoms in total. The Morgan fingerprint density at radius 1 is 1.04 bits per heavy atom.